The first-order valence-corrected chi connectivity index (χ1v) is 14.3. The molecule has 1 spiro atoms. The Bertz CT molecular complexity index is 1210. The molecule has 10 aliphatic rings. The summed E-state index contributed by atoms with van der Waals surface area (Å²) in [7, 11) is 0. The minimum absolute atomic E-state index is 0.192. The van der Waals surface area contributed by atoms with Crippen LogP contribution in [0.15, 0.2) is 11.6 Å². The molecule has 106 valence electrons. The van der Waals surface area contributed by atoms with Crippen LogP contribution in [0.25, 0.3) is 0 Å². The Morgan fingerprint density at radius 1 is 0.850 bits per heavy atom. The molecule has 0 amide bonds. The van der Waals surface area contributed by atoms with Crippen molar-refractivity contribution in [3.63, 3.8) is 0 Å². The van der Waals surface area contributed by atoms with E-state index in [1.54, 1.807) is 0 Å². The molecule has 0 radical (unpaired) electrons. The SMILES string of the molecule is CC(=O)[C]12[CH]3[CH]4[CH]5[CH]1[Fe]45321678[CH]2[CH]1[CH]6[C]7(C(=O)C=C(C)C)[CH]28. The van der Waals surface area contributed by atoms with Crippen molar-refractivity contribution in [1.29, 1.82) is 0 Å². The van der Waals surface area contributed by atoms with Crippen LogP contribution < -0.4 is 0 Å². The number of fused-ring (bicyclic) bond motifs is 10. The van der Waals surface area contributed by atoms with E-state index in [9.17, 15) is 9.59 Å². The standard InChI is InChI=1S/C10H11O.C7H7O.Fe/c1-8(2)7-10(11)9-5-3-4-6-9;1-6(8)7-4-2-3-5-7;/h3-7H,1-2H3;2-5H,1H3;. The van der Waals surface area contributed by atoms with E-state index < -0.39 is 6.51 Å². The summed E-state index contributed by atoms with van der Waals surface area (Å²) in [6, 6.07) is 0. The molecule has 10 rings (SSSR count). The molecule has 10 saturated heterocycles. The molecule has 0 aliphatic carbocycles. The Labute approximate surface area is 107 Å². The van der Waals surface area contributed by atoms with E-state index in [-0.39, 0.29) is 8.63 Å². The molecule has 10 heterocycles. The third-order valence-corrected chi connectivity index (χ3v) is 59.0. The number of hydrogen-bond donors (Lipinski definition) is 0. The fourth-order valence-electron chi connectivity index (χ4n) is 18.6. The normalized spacial score (nSPS) is 106. The van der Waals surface area contributed by atoms with Crippen LogP contribution in [0.5, 0.6) is 0 Å². The number of carbonyl (C=O) groups is 2. The second kappa shape index (κ2) is 0.702. The van der Waals surface area contributed by atoms with Crippen molar-refractivity contribution >= 4 is 11.6 Å². The Kier molecular flexibility index (Phi) is 0.291. The molecule has 8 atom stereocenters. The summed E-state index contributed by atoms with van der Waals surface area (Å²) in [5.74, 6) is 1.10. The molecule has 2 nitrogen and oxygen atoms in total. The molecule has 0 aromatic carbocycles. The van der Waals surface area contributed by atoms with Gasteiger partial charge in [0.05, 0.1) is 0 Å². The maximum absolute atomic E-state index is 13.2. The minimum atomic E-state index is -3.74. The summed E-state index contributed by atoms with van der Waals surface area (Å²) in [5, 5.41) is 0. The molecule has 3 heteroatoms. The molecule has 20 heavy (non-hydrogen) atoms. The van der Waals surface area contributed by atoms with Gasteiger partial charge in [0.15, 0.2) is 0 Å². The number of carbonyl (C=O) groups excluding carboxylic acids is 2. The van der Waals surface area contributed by atoms with Crippen molar-refractivity contribution in [1.82, 2.24) is 0 Å². The van der Waals surface area contributed by atoms with Crippen LogP contribution in [0.1, 0.15) is 20.8 Å². The van der Waals surface area contributed by atoms with Crippen LogP contribution in [0.3, 0.4) is 0 Å². The van der Waals surface area contributed by atoms with Crippen LogP contribution >= 0.6 is 0 Å². The van der Waals surface area contributed by atoms with Gasteiger partial charge in [0, 0.05) is 0 Å². The van der Waals surface area contributed by atoms with Gasteiger partial charge in [0.1, 0.15) is 0 Å². The van der Waals surface area contributed by atoms with E-state index in [4.69, 9.17) is 0 Å². The zero-order valence-electron chi connectivity index (χ0n) is 11.9. The van der Waals surface area contributed by atoms with Crippen molar-refractivity contribution in [3.8, 4) is 0 Å². The van der Waals surface area contributed by atoms with E-state index in [1.807, 2.05) is 13.0 Å². The first kappa shape index (κ1) is 8.29. The fraction of sp³-hybridized carbons (Fsp3) is 0.765. The second-order valence-electron chi connectivity index (χ2n) is 11.9. The summed E-state index contributed by atoms with van der Waals surface area (Å²) in [6.45, 7) is 2.28. The van der Waals surface area contributed by atoms with Gasteiger partial charge in [0.2, 0.25) is 0 Å². The number of hydrogen-bond acceptors (Lipinski definition) is 2. The van der Waals surface area contributed by atoms with Gasteiger partial charge in [-0.2, -0.15) is 0 Å². The van der Waals surface area contributed by atoms with Gasteiger partial charge >= 0.3 is 107 Å². The van der Waals surface area contributed by atoms with Gasteiger partial charge in [-0.25, -0.2) is 0 Å². The van der Waals surface area contributed by atoms with E-state index >= 15 is 0 Å². The topological polar surface area (TPSA) is 34.1 Å². The van der Waals surface area contributed by atoms with Gasteiger partial charge in [-0.1, -0.05) is 0 Å². The van der Waals surface area contributed by atoms with Crippen LogP contribution in [0.2, 0.25) is 47.2 Å². The molecule has 0 saturated carbocycles. The van der Waals surface area contributed by atoms with Gasteiger partial charge < -0.3 is 0 Å². The summed E-state index contributed by atoms with van der Waals surface area (Å²) >= 11 is 0. The van der Waals surface area contributed by atoms with E-state index in [0.717, 1.165) is 38.5 Å². The van der Waals surface area contributed by atoms with Crippen molar-refractivity contribution in [3.05, 3.63) is 11.6 Å². The fourth-order valence-corrected chi connectivity index (χ4v) is 94.7. The van der Waals surface area contributed by atoms with Crippen molar-refractivity contribution in [2.45, 2.75) is 67.9 Å². The maximum atomic E-state index is 13.2. The monoisotopic (exact) mass is 310 g/mol. The second-order valence-corrected chi connectivity index (χ2v) is 35.1. The first-order valence-electron chi connectivity index (χ1n) is 8.13. The van der Waals surface area contributed by atoms with Crippen LogP contribution in [0, 0.1) is 0 Å². The van der Waals surface area contributed by atoms with E-state index in [0.29, 0.717) is 11.6 Å². The summed E-state index contributed by atoms with van der Waals surface area (Å²) in [4.78, 5) is 33.5. The zero-order chi connectivity index (χ0) is 13.4. The Hall–Kier alpha value is -0.401. The molecule has 0 N–H and O–H groups in total. The first-order chi connectivity index (χ1) is 9.21. The summed E-state index contributed by atoms with van der Waals surface area (Å²) in [6.07, 6.45) is 1.98. The van der Waals surface area contributed by atoms with Crippen molar-refractivity contribution < 1.29 is 16.1 Å². The molecule has 0 aromatic rings. The van der Waals surface area contributed by atoms with Gasteiger partial charge in [-0.15, -0.1) is 0 Å². The van der Waals surface area contributed by atoms with Crippen LogP contribution in [-0.4, -0.2) is 11.6 Å². The quantitative estimate of drug-likeness (QED) is 0.577. The zero-order valence-corrected chi connectivity index (χ0v) is 13.0. The van der Waals surface area contributed by atoms with E-state index in [2.05, 4.69) is 13.8 Å². The third-order valence-electron chi connectivity index (χ3n) is 16.1. The van der Waals surface area contributed by atoms with Crippen molar-refractivity contribution in [2.75, 3.05) is 0 Å². The number of rotatable bonds is 3. The number of Topliss-reactive ketones (excluding diaryl/α,β-unsaturated/α-hetero) is 1. The molecular formula is C17H18FeO2. The molecular weight excluding hydrogens is 292 g/mol. The van der Waals surface area contributed by atoms with Gasteiger partial charge in [-0.3, -0.25) is 0 Å². The van der Waals surface area contributed by atoms with Gasteiger partial charge in [-0.05, 0) is 0 Å². The van der Waals surface area contributed by atoms with E-state index in [1.165, 1.54) is 5.57 Å². The average molecular weight is 310 g/mol. The molecule has 10 aliphatic heterocycles. The van der Waals surface area contributed by atoms with Crippen LogP contribution in [-0.2, 0) is 16.1 Å². The number of allylic oxidation sites excluding steroid dienone is 2. The van der Waals surface area contributed by atoms with Crippen molar-refractivity contribution in [2.24, 2.45) is 0 Å². The third kappa shape index (κ3) is 0.0831. The van der Waals surface area contributed by atoms with Gasteiger partial charge in [0.25, 0.3) is 0 Å². The Balaban J connectivity index is 1.53. The molecule has 10 fully saturated rings. The summed E-state index contributed by atoms with van der Waals surface area (Å²) < 4.78 is 0.427. The Morgan fingerprint density at radius 2 is 1.30 bits per heavy atom. The molecule has 0 aromatic heterocycles. The Morgan fingerprint density at radius 3 is 1.60 bits per heavy atom. The molecule has 8 unspecified atom stereocenters. The molecule has 0 bridgehead atoms. The average Bonchev–Trinajstić information content (AvgIpc) is 3.31. The number of ketones is 2. The predicted octanol–water partition coefficient (Wildman–Crippen LogP) is 4.24. The summed E-state index contributed by atoms with van der Waals surface area (Å²) in [5.41, 5.74) is 1.17. The predicted molar refractivity (Wildman–Crippen MR) is 70.5 cm³/mol. The van der Waals surface area contributed by atoms with Crippen LogP contribution in [0.4, 0.5) is 0 Å².